The number of aryl methyl sites for hydroxylation is 1. The third-order valence-electron chi connectivity index (χ3n) is 1.49. The van der Waals surface area contributed by atoms with Gasteiger partial charge in [-0.2, -0.15) is 0 Å². The molecular weight excluding hydrogens is 140 g/mol. The smallest absolute Gasteiger partial charge is 0.183 e. The first-order valence-electron chi connectivity index (χ1n) is 3.67. The molecule has 0 aromatic carbocycles. The number of Topliss-reactive ketones (excluding diaryl/α,β-unsaturated/α-hetero) is 1. The predicted octanol–water partition coefficient (Wildman–Crippen LogP) is 1.56. The normalized spacial score (nSPS) is 10.5. The van der Waals surface area contributed by atoms with Crippen LogP contribution in [0.5, 0.6) is 0 Å². The molecule has 1 heterocycles. The molecule has 60 valence electrons. The summed E-state index contributed by atoms with van der Waals surface area (Å²) in [5, 5.41) is 0. The molecule has 0 amide bonds. The van der Waals surface area contributed by atoms with Crippen LogP contribution in [-0.2, 0) is 0 Å². The highest BCUT2D eigenvalue weighted by Gasteiger charge is 2.11. The van der Waals surface area contributed by atoms with E-state index in [-0.39, 0.29) is 11.7 Å². The number of H-pyrrole nitrogens is 1. The van der Waals surface area contributed by atoms with Crippen molar-refractivity contribution >= 4 is 5.78 Å². The average molecular weight is 152 g/mol. The van der Waals surface area contributed by atoms with E-state index in [0.29, 0.717) is 5.69 Å². The van der Waals surface area contributed by atoms with Gasteiger partial charge in [0.2, 0.25) is 0 Å². The van der Waals surface area contributed by atoms with Crippen LogP contribution in [0.3, 0.4) is 0 Å². The maximum atomic E-state index is 11.3. The van der Waals surface area contributed by atoms with Crippen LogP contribution in [0.25, 0.3) is 0 Å². The molecule has 1 rings (SSSR count). The zero-order valence-corrected chi connectivity index (χ0v) is 7.01. The maximum absolute atomic E-state index is 11.3. The van der Waals surface area contributed by atoms with Gasteiger partial charge in [-0.05, 0) is 6.92 Å². The van der Waals surface area contributed by atoms with E-state index in [9.17, 15) is 4.79 Å². The summed E-state index contributed by atoms with van der Waals surface area (Å²) in [6.45, 7) is 5.58. The van der Waals surface area contributed by atoms with Gasteiger partial charge in [-0.25, -0.2) is 4.98 Å². The Morgan fingerprint density at radius 3 is 2.64 bits per heavy atom. The number of carbonyl (C=O) groups excluding carboxylic acids is 1. The van der Waals surface area contributed by atoms with Gasteiger partial charge in [0.15, 0.2) is 5.78 Å². The Balaban J connectivity index is 2.85. The van der Waals surface area contributed by atoms with E-state index in [0.717, 1.165) is 5.82 Å². The van der Waals surface area contributed by atoms with Crippen molar-refractivity contribution < 1.29 is 4.79 Å². The van der Waals surface area contributed by atoms with E-state index in [1.54, 1.807) is 6.20 Å². The quantitative estimate of drug-likeness (QED) is 0.653. The summed E-state index contributed by atoms with van der Waals surface area (Å²) in [5.74, 6) is 0.939. The summed E-state index contributed by atoms with van der Waals surface area (Å²) in [6, 6.07) is 0. The number of ketones is 1. The molecule has 1 aromatic rings. The molecule has 1 aromatic heterocycles. The standard InChI is InChI=1S/C8H12N2O/c1-5(2)8(11)7-4-9-6(3)10-7/h4-5H,1-3H3,(H,9,10). The summed E-state index contributed by atoms with van der Waals surface area (Å²) in [6.07, 6.45) is 1.58. The van der Waals surface area contributed by atoms with Gasteiger partial charge in [0.05, 0.1) is 6.20 Å². The fourth-order valence-corrected chi connectivity index (χ4v) is 0.857. The molecule has 0 aliphatic rings. The predicted molar refractivity (Wildman–Crippen MR) is 42.5 cm³/mol. The zero-order chi connectivity index (χ0) is 8.43. The lowest BCUT2D eigenvalue weighted by Gasteiger charge is -1.98. The highest BCUT2D eigenvalue weighted by atomic mass is 16.1. The Kier molecular flexibility index (Phi) is 2.08. The van der Waals surface area contributed by atoms with E-state index < -0.39 is 0 Å². The minimum Gasteiger partial charge on any atom is -0.340 e. The van der Waals surface area contributed by atoms with Gasteiger partial charge >= 0.3 is 0 Å². The molecule has 0 radical (unpaired) electrons. The number of hydrogen-bond donors (Lipinski definition) is 1. The van der Waals surface area contributed by atoms with E-state index in [1.807, 2.05) is 20.8 Å². The number of imidazole rings is 1. The molecule has 0 bridgehead atoms. The second-order valence-electron chi connectivity index (χ2n) is 2.90. The first-order chi connectivity index (χ1) is 5.11. The average Bonchev–Trinajstić information content (AvgIpc) is 2.34. The molecule has 0 aliphatic carbocycles. The second kappa shape index (κ2) is 2.86. The van der Waals surface area contributed by atoms with Crippen LogP contribution in [0.15, 0.2) is 6.20 Å². The van der Waals surface area contributed by atoms with Crippen LogP contribution in [0.1, 0.15) is 30.2 Å². The molecule has 1 N–H and O–H groups in total. The van der Waals surface area contributed by atoms with Crippen LogP contribution in [0, 0.1) is 12.8 Å². The molecule has 0 unspecified atom stereocenters. The first kappa shape index (κ1) is 7.98. The largest absolute Gasteiger partial charge is 0.340 e. The third kappa shape index (κ3) is 1.67. The number of nitrogens with one attached hydrogen (secondary N) is 1. The van der Waals surface area contributed by atoms with Gasteiger partial charge in [-0.1, -0.05) is 13.8 Å². The van der Waals surface area contributed by atoms with Gasteiger partial charge in [-0.3, -0.25) is 4.79 Å². The van der Waals surface area contributed by atoms with Crippen molar-refractivity contribution in [1.82, 2.24) is 9.97 Å². The highest BCUT2D eigenvalue weighted by Crippen LogP contribution is 2.04. The number of rotatable bonds is 2. The van der Waals surface area contributed by atoms with Crippen molar-refractivity contribution in [3.63, 3.8) is 0 Å². The number of aromatic amines is 1. The van der Waals surface area contributed by atoms with Crippen LogP contribution >= 0.6 is 0 Å². The Morgan fingerprint density at radius 2 is 2.27 bits per heavy atom. The van der Waals surface area contributed by atoms with Crippen molar-refractivity contribution in [2.45, 2.75) is 20.8 Å². The van der Waals surface area contributed by atoms with Crippen LogP contribution in [0.4, 0.5) is 0 Å². The lowest BCUT2D eigenvalue weighted by molar-refractivity contribution is 0.0935. The Labute approximate surface area is 65.8 Å². The molecular formula is C8H12N2O. The number of nitrogens with zero attached hydrogens (tertiary/aromatic N) is 1. The van der Waals surface area contributed by atoms with Gasteiger partial charge in [0, 0.05) is 5.92 Å². The second-order valence-corrected chi connectivity index (χ2v) is 2.90. The van der Waals surface area contributed by atoms with Crippen molar-refractivity contribution in [3.8, 4) is 0 Å². The summed E-state index contributed by atoms with van der Waals surface area (Å²) < 4.78 is 0. The fourth-order valence-electron chi connectivity index (χ4n) is 0.857. The molecule has 0 saturated carbocycles. The molecule has 0 fully saturated rings. The van der Waals surface area contributed by atoms with Crippen LogP contribution in [0.2, 0.25) is 0 Å². The SMILES string of the molecule is Cc1ncc(C(=O)C(C)C)[nH]1. The molecule has 0 aliphatic heterocycles. The van der Waals surface area contributed by atoms with Gasteiger partial charge in [-0.15, -0.1) is 0 Å². The van der Waals surface area contributed by atoms with Crippen LogP contribution < -0.4 is 0 Å². The van der Waals surface area contributed by atoms with Crippen molar-refractivity contribution in [2.75, 3.05) is 0 Å². The van der Waals surface area contributed by atoms with E-state index in [2.05, 4.69) is 9.97 Å². The molecule has 3 nitrogen and oxygen atoms in total. The van der Waals surface area contributed by atoms with Crippen molar-refractivity contribution in [1.29, 1.82) is 0 Å². The Morgan fingerprint density at radius 1 is 1.64 bits per heavy atom. The van der Waals surface area contributed by atoms with Crippen LogP contribution in [-0.4, -0.2) is 15.8 Å². The first-order valence-corrected chi connectivity index (χ1v) is 3.67. The number of aromatic nitrogens is 2. The summed E-state index contributed by atoms with van der Waals surface area (Å²) >= 11 is 0. The van der Waals surface area contributed by atoms with Gasteiger partial charge in [0.25, 0.3) is 0 Å². The Bertz CT molecular complexity index is 263. The molecule has 0 atom stereocenters. The zero-order valence-electron chi connectivity index (χ0n) is 7.01. The van der Waals surface area contributed by atoms with E-state index >= 15 is 0 Å². The lowest BCUT2D eigenvalue weighted by Crippen LogP contribution is -2.07. The minimum absolute atomic E-state index is 0.0369. The summed E-state index contributed by atoms with van der Waals surface area (Å²) in [7, 11) is 0. The van der Waals surface area contributed by atoms with E-state index in [1.165, 1.54) is 0 Å². The van der Waals surface area contributed by atoms with Gasteiger partial charge in [0.1, 0.15) is 11.5 Å². The Hall–Kier alpha value is -1.12. The third-order valence-corrected chi connectivity index (χ3v) is 1.49. The highest BCUT2D eigenvalue weighted by molar-refractivity contribution is 5.95. The minimum atomic E-state index is 0.0369. The van der Waals surface area contributed by atoms with E-state index in [4.69, 9.17) is 0 Å². The maximum Gasteiger partial charge on any atom is 0.183 e. The molecule has 3 heteroatoms. The monoisotopic (exact) mass is 152 g/mol. The molecule has 0 spiro atoms. The van der Waals surface area contributed by atoms with Crippen molar-refractivity contribution in [3.05, 3.63) is 17.7 Å². The summed E-state index contributed by atoms with van der Waals surface area (Å²) in [5.41, 5.74) is 0.609. The molecule has 11 heavy (non-hydrogen) atoms. The summed E-state index contributed by atoms with van der Waals surface area (Å²) in [4.78, 5) is 18.1. The van der Waals surface area contributed by atoms with Gasteiger partial charge < -0.3 is 4.98 Å². The fraction of sp³-hybridized carbons (Fsp3) is 0.500. The number of hydrogen-bond acceptors (Lipinski definition) is 2. The number of carbonyl (C=O) groups is 1. The van der Waals surface area contributed by atoms with Crippen molar-refractivity contribution in [2.24, 2.45) is 5.92 Å². The topological polar surface area (TPSA) is 45.8 Å². The lowest BCUT2D eigenvalue weighted by atomic mass is 10.1. The molecule has 0 saturated heterocycles.